The van der Waals surface area contributed by atoms with Gasteiger partial charge in [-0.2, -0.15) is 0 Å². The zero-order valence-corrected chi connectivity index (χ0v) is 15.1. The number of aromatic amines is 1. The van der Waals surface area contributed by atoms with Crippen molar-refractivity contribution in [3.05, 3.63) is 89.7 Å². The van der Waals surface area contributed by atoms with E-state index in [-0.39, 0.29) is 5.91 Å². The molecule has 0 spiro atoms. The minimum Gasteiger partial charge on any atom is -0.346 e. The minimum absolute atomic E-state index is 0.196. The molecule has 0 aliphatic rings. The molecule has 0 unspecified atom stereocenters. The van der Waals surface area contributed by atoms with Crippen LogP contribution in [-0.2, 0) is 4.79 Å². The maximum atomic E-state index is 12.1. The highest BCUT2D eigenvalue weighted by molar-refractivity contribution is 6.30. The van der Waals surface area contributed by atoms with Gasteiger partial charge in [-0.25, -0.2) is 4.98 Å². The van der Waals surface area contributed by atoms with E-state index in [1.807, 2.05) is 42.7 Å². The number of fused-ring (bicyclic) bond motifs is 1. The quantitative estimate of drug-likeness (QED) is 0.462. The summed E-state index contributed by atoms with van der Waals surface area (Å²) in [5.41, 5.74) is 4.59. The maximum absolute atomic E-state index is 12.1. The average Bonchev–Trinajstić information content (AvgIpc) is 3.16. The Morgan fingerprint density at radius 2 is 1.89 bits per heavy atom. The van der Waals surface area contributed by atoms with E-state index in [1.165, 1.54) is 6.08 Å². The number of hydrogen-bond acceptors (Lipinski definition) is 2. The number of hydrogen-bond donors (Lipinski definition) is 2. The molecule has 2 N–H and O–H groups in total. The number of carbonyl (C=O) groups excluding carboxylic acids is 1. The Balaban J connectivity index is 1.50. The van der Waals surface area contributed by atoms with Gasteiger partial charge in [0.1, 0.15) is 5.65 Å². The van der Waals surface area contributed by atoms with Crippen LogP contribution in [0.1, 0.15) is 5.56 Å². The van der Waals surface area contributed by atoms with Gasteiger partial charge in [-0.05, 0) is 59.7 Å². The second-order valence-corrected chi connectivity index (χ2v) is 6.53. The summed E-state index contributed by atoms with van der Waals surface area (Å²) >= 11 is 5.85. The predicted octanol–water partition coefficient (Wildman–Crippen LogP) is 5.54. The fourth-order valence-corrected chi connectivity index (χ4v) is 2.93. The number of pyridine rings is 1. The van der Waals surface area contributed by atoms with Gasteiger partial charge in [0.15, 0.2) is 0 Å². The first-order valence-corrected chi connectivity index (χ1v) is 8.83. The highest BCUT2D eigenvalue weighted by Crippen LogP contribution is 2.23. The molecule has 2 heterocycles. The highest BCUT2D eigenvalue weighted by Gasteiger charge is 2.03. The molecule has 0 radical (unpaired) electrons. The van der Waals surface area contributed by atoms with Crippen LogP contribution in [0.25, 0.3) is 28.2 Å². The van der Waals surface area contributed by atoms with Crippen LogP contribution >= 0.6 is 11.6 Å². The largest absolute Gasteiger partial charge is 0.346 e. The van der Waals surface area contributed by atoms with Crippen molar-refractivity contribution in [1.29, 1.82) is 0 Å². The lowest BCUT2D eigenvalue weighted by atomic mass is 10.0. The Kier molecular flexibility index (Phi) is 4.73. The van der Waals surface area contributed by atoms with Crippen LogP contribution in [0.3, 0.4) is 0 Å². The van der Waals surface area contributed by atoms with E-state index in [4.69, 9.17) is 11.6 Å². The SMILES string of the molecule is O=C(C=Cc1cccc(-c2cnc3[nH]ccc3c2)c1)Nc1ccc(Cl)cc1. The van der Waals surface area contributed by atoms with Gasteiger partial charge in [0.2, 0.25) is 5.91 Å². The summed E-state index contributed by atoms with van der Waals surface area (Å²) in [4.78, 5) is 19.6. The van der Waals surface area contributed by atoms with Crippen LogP contribution in [-0.4, -0.2) is 15.9 Å². The molecule has 0 saturated carbocycles. The summed E-state index contributed by atoms with van der Waals surface area (Å²) in [5, 5.41) is 4.50. The molecule has 1 amide bonds. The number of halogens is 1. The Hall–Kier alpha value is -3.37. The van der Waals surface area contributed by atoms with E-state index >= 15 is 0 Å². The predicted molar refractivity (Wildman–Crippen MR) is 111 cm³/mol. The van der Waals surface area contributed by atoms with Crippen molar-refractivity contribution in [2.75, 3.05) is 5.32 Å². The summed E-state index contributed by atoms with van der Waals surface area (Å²) in [6.45, 7) is 0. The first-order valence-electron chi connectivity index (χ1n) is 8.46. The second-order valence-electron chi connectivity index (χ2n) is 6.09. The number of nitrogens with zero attached hydrogens (tertiary/aromatic N) is 1. The molecule has 5 heteroatoms. The van der Waals surface area contributed by atoms with Crippen molar-refractivity contribution in [3.63, 3.8) is 0 Å². The molecule has 2 aromatic carbocycles. The number of aromatic nitrogens is 2. The topological polar surface area (TPSA) is 57.8 Å². The highest BCUT2D eigenvalue weighted by atomic mass is 35.5. The van der Waals surface area contributed by atoms with Crippen molar-refractivity contribution >= 4 is 40.3 Å². The first kappa shape index (κ1) is 17.1. The third-order valence-electron chi connectivity index (χ3n) is 4.16. The normalized spacial score (nSPS) is 11.1. The van der Waals surface area contributed by atoms with Gasteiger partial charge in [0.05, 0.1) is 0 Å². The third-order valence-corrected chi connectivity index (χ3v) is 4.41. The van der Waals surface area contributed by atoms with E-state index < -0.39 is 0 Å². The van der Waals surface area contributed by atoms with Gasteiger partial charge in [-0.1, -0.05) is 29.8 Å². The van der Waals surface area contributed by atoms with Crippen molar-refractivity contribution in [2.24, 2.45) is 0 Å². The van der Waals surface area contributed by atoms with Gasteiger partial charge in [-0.15, -0.1) is 0 Å². The first-order chi connectivity index (χ1) is 13.2. The summed E-state index contributed by atoms with van der Waals surface area (Å²) in [7, 11) is 0. The number of nitrogens with one attached hydrogen (secondary N) is 2. The van der Waals surface area contributed by atoms with Crippen molar-refractivity contribution in [3.8, 4) is 11.1 Å². The molecule has 27 heavy (non-hydrogen) atoms. The van der Waals surface area contributed by atoms with Crippen LogP contribution in [0.5, 0.6) is 0 Å². The monoisotopic (exact) mass is 373 g/mol. The molecule has 0 atom stereocenters. The summed E-state index contributed by atoms with van der Waals surface area (Å²) < 4.78 is 0. The number of anilines is 1. The Morgan fingerprint density at radius 3 is 2.74 bits per heavy atom. The second kappa shape index (κ2) is 7.48. The van der Waals surface area contributed by atoms with E-state index in [0.29, 0.717) is 10.7 Å². The average molecular weight is 374 g/mol. The van der Waals surface area contributed by atoms with Crippen molar-refractivity contribution in [1.82, 2.24) is 9.97 Å². The molecule has 132 valence electrons. The summed E-state index contributed by atoms with van der Waals surface area (Å²) in [6, 6.07) is 19.1. The Morgan fingerprint density at radius 1 is 1.04 bits per heavy atom. The van der Waals surface area contributed by atoms with Crippen molar-refractivity contribution in [2.45, 2.75) is 0 Å². The molecule has 0 saturated heterocycles. The fourth-order valence-electron chi connectivity index (χ4n) is 2.81. The third kappa shape index (κ3) is 4.07. The molecule has 4 rings (SSSR count). The zero-order valence-electron chi connectivity index (χ0n) is 14.3. The molecule has 4 aromatic rings. The Labute approximate surface area is 161 Å². The van der Waals surface area contributed by atoms with E-state index in [0.717, 1.165) is 27.7 Å². The molecule has 0 fully saturated rings. The van der Waals surface area contributed by atoms with Gasteiger partial charge < -0.3 is 10.3 Å². The maximum Gasteiger partial charge on any atom is 0.248 e. The van der Waals surface area contributed by atoms with Crippen LogP contribution < -0.4 is 5.32 Å². The lowest BCUT2D eigenvalue weighted by molar-refractivity contribution is -0.111. The molecule has 0 aliphatic heterocycles. The molecule has 0 aliphatic carbocycles. The number of benzene rings is 2. The summed E-state index contributed by atoms with van der Waals surface area (Å²) in [6.07, 6.45) is 7.02. The Bertz CT molecular complexity index is 1130. The van der Waals surface area contributed by atoms with Crippen LogP contribution in [0.15, 0.2) is 79.1 Å². The van der Waals surface area contributed by atoms with Crippen LogP contribution in [0, 0.1) is 0 Å². The zero-order chi connectivity index (χ0) is 18.6. The number of H-pyrrole nitrogens is 1. The van der Waals surface area contributed by atoms with E-state index in [1.54, 1.807) is 30.3 Å². The molecule has 2 aromatic heterocycles. The van der Waals surface area contributed by atoms with Gasteiger partial charge in [-0.3, -0.25) is 4.79 Å². The molecule has 0 bridgehead atoms. The van der Waals surface area contributed by atoms with Crippen LogP contribution in [0.2, 0.25) is 5.02 Å². The minimum atomic E-state index is -0.196. The molecular weight excluding hydrogens is 358 g/mol. The number of rotatable bonds is 4. The van der Waals surface area contributed by atoms with E-state index in [9.17, 15) is 4.79 Å². The molecular formula is C22H16ClN3O. The molecule has 4 nitrogen and oxygen atoms in total. The van der Waals surface area contributed by atoms with Gasteiger partial charge in [0, 0.05) is 40.1 Å². The standard InChI is InChI=1S/C22H16ClN3O/c23-19-5-7-20(8-6-19)26-21(27)9-4-15-2-1-3-16(12-15)18-13-17-10-11-24-22(17)25-14-18/h1-14H,(H,24,25)(H,26,27). The van der Waals surface area contributed by atoms with Crippen LogP contribution in [0.4, 0.5) is 5.69 Å². The van der Waals surface area contributed by atoms with Crippen molar-refractivity contribution < 1.29 is 4.79 Å². The summed E-state index contributed by atoms with van der Waals surface area (Å²) in [5.74, 6) is -0.196. The van der Waals surface area contributed by atoms with Gasteiger partial charge >= 0.3 is 0 Å². The lowest BCUT2D eigenvalue weighted by Gasteiger charge is -2.04. The number of amides is 1. The van der Waals surface area contributed by atoms with E-state index in [2.05, 4.69) is 21.4 Å². The smallest absolute Gasteiger partial charge is 0.248 e. The lowest BCUT2D eigenvalue weighted by Crippen LogP contribution is -2.07. The number of carbonyl (C=O) groups is 1. The fraction of sp³-hybridized carbons (Fsp3) is 0. The van der Waals surface area contributed by atoms with Gasteiger partial charge in [0.25, 0.3) is 0 Å².